The van der Waals surface area contributed by atoms with Crippen molar-refractivity contribution in [1.82, 2.24) is 26.3 Å². The summed E-state index contributed by atoms with van der Waals surface area (Å²) in [4.78, 5) is 55.7. The molecule has 0 radical (unpaired) electrons. The van der Waals surface area contributed by atoms with Gasteiger partial charge in [-0.15, -0.1) is 0 Å². The Morgan fingerprint density at radius 3 is 2.15 bits per heavy atom. The number of carbonyl (C=O) groups excluding carboxylic acids is 4. The smallest absolute Gasteiger partial charge is 0.408 e. The maximum atomic E-state index is 13.9. The van der Waals surface area contributed by atoms with E-state index in [4.69, 9.17) is 4.74 Å². The van der Waals surface area contributed by atoms with Crippen molar-refractivity contribution in [1.29, 1.82) is 0 Å². The van der Waals surface area contributed by atoms with E-state index in [0.29, 0.717) is 0 Å². The molecule has 11 heteroatoms. The maximum absolute atomic E-state index is 13.9. The standard InChI is InChI=1S/C35H39N5O6/c1-22(37-35(45)46-21-24-12-6-3-7-13-24)32(42)40-30(19-25-20-36-28-15-9-8-14-27(25)28)33(43)39-29(18-23-10-4-2-5-11-23)31(41)34(44)38-26-16-17-26/h2-15,20,22,26,29-31,36,41H,16-19,21H2,1H3,(H,37,45)(H,38,44)(H,39,43)(H,40,42)/t22-,29-,30-,31?/m0/s1. The number of aromatic amines is 1. The van der Waals surface area contributed by atoms with Crippen LogP contribution < -0.4 is 21.3 Å². The van der Waals surface area contributed by atoms with Gasteiger partial charge in [0.1, 0.15) is 18.7 Å². The van der Waals surface area contributed by atoms with Crippen molar-refractivity contribution in [2.75, 3.05) is 0 Å². The van der Waals surface area contributed by atoms with Gasteiger partial charge in [0.05, 0.1) is 6.04 Å². The second-order valence-electron chi connectivity index (χ2n) is 11.6. The molecule has 4 atom stereocenters. The van der Waals surface area contributed by atoms with Crippen molar-refractivity contribution in [2.45, 2.75) is 69.5 Å². The zero-order chi connectivity index (χ0) is 32.5. The van der Waals surface area contributed by atoms with Gasteiger partial charge in [0.25, 0.3) is 5.91 Å². The Balaban J connectivity index is 1.31. The molecule has 0 saturated heterocycles. The normalized spacial score (nSPS) is 15.2. The molecule has 11 nitrogen and oxygen atoms in total. The SMILES string of the molecule is C[C@H](NC(=O)OCc1ccccc1)C(=O)N[C@@H](Cc1c[nH]c2ccccc12)C(=O)N[C@@H](Cc1ccccc1)C(O)C(=O)NC1CC1. The molecule has 1 fully saturated rings. The lowest BCUT2D eigenvalue weighted by Crippen LogP contribution is -2.58. The number of hydrogen-bond donors (Lipinski definition) is 6. The van der Waals surface area contributed by atoms with Crippen LogP contribution in [0.4, 0.5) is 4.79 Å². The van der Waals surface area contributed by atoms with E-state index >= 15 is 0 Å². The first-order valence-corrected chi connectivity index (χ1v) is 15.4. The number of aliphatic hydroxyl groups is 1. The molecule has 5 rings (SSSR count). The molecule has 6 N–H and O–H groups in total. The minimum absolute atomic E-state index is 0.0255. The van der Waals surface area contributed by atoms with Gasteiger partial charge in [0, 0.05) is 29.6 Å². The molecule has 46 heavy (non-hydrogen) atoms. The molecule has 3 aromatic carbocycles. The first-order valence-electron chi connectivity index (χ1n) is 15.4. The predicted molar refractivity (Wildman–Crippen MR) is 172 cm³/mol. The lowest BCUT2D eigenvalue weighted by atomic mass is 9.98. The fourth-order valence-corrected chi connectivity index (χ4v) is 5.12. The summed E-state index contributed by atoms with van der Waals surface area (Å²) in [6, 6.07) is 22.9. The van der Waals surface area contributed by atoms with Crippen molar-refractivity contribution in [3.63, 3.8) is 0 Å². The van der Waals surface area contributed by atoms with Crippen LogP contribution in [0.5, 0.6) is 0 Å². The Hall–Kier alpha value is -5.16. The molecular formula is C35H39N5O6. The summed E-state index contributed by atoms with van der Waals surface area (Å²) in [5, 5.41) is 22.9. The molecule has 1 aliphatic rings. The van der Waals surface area contributed by atoms with Gasteiger partial charge in [-0.3, -0.25) is 14.4 Å². The number of rotatable bonds is 14. The van der Waals surface area contributed by atoms with E-state index in [2.05, 4.69) is 26.3 Å². The zero-order valence-electron chi connectivity index (χ0n) is 25.6. The molecule has 0 spiro atoms. The summed E-state index contributed by atoms with van der Waals surface area (Å²) in [6.07, 6.45) is 1.46. The van der Waals surface area contributed by atoms with Gasteiger partial charge in [0.15, 0.2) is 6.10 Å². The van der Waals surface area contributed by atoms with E-state index in [-0.39, 0.29) is 25.5 Å². The maximum Gasteiger partial charge on any atom is 0.408 e. The molecule has 1 aliphatic carbocycles. The van der Waals surface area contributed by atoms with Crippen LogP contribution in [0.15, 0.2) is 91.1 Å². The number of aromatic nitrogens is 1. The van der Waals surface area contributed by atoms with E-state index in [1.165, 1.54) is 6.92 Å². The van der Waals surface area contributed by atoms with Gasteiger partial charge >= 0.3 is 6.09 Å². The number of H-pyrrole nitrogens is 1. The molecule has 1 unspecified atom stereocenters. The second-order valence-corrected chi connectivity index (χ2v) is 11.6. The number of para-hydroxylation sites is 1. The highest BCUT2D eigenvalue weighted by atomic mass is 16.5. The summed E-state index contributed by atoms with van der Waals surface area (Å²) in [6.45, 7) is 1.52. The number of fused-ring (bicyclic) bond motifs is 1. The molecule has 1 aromatic heterocycles. The van der Waals surface area contributed by atoms with Crippen LogP contribution >= 0.6 is 0 Å². The number of hydrogen-bond acceptors (Lipinski definition) is 6. The lowest BCUT2D eigenvalue weighted by Gasteiger charge is -2.27. The van der Waals surface area contributed by atoms with Crippen molar-refractivity contribution in [2.24, 2.45) is 0 Å². The molecule has 1 heterocycles. The van der Waals surface area contributed by atoms with Crippen LogP contribution in [0, 0.1) is 0 Å². The minimum Gasteiger partial charge on any atom is -0.445 e. The summed E-state index contributed by atoms with van der Waals surface area (Å²) in [7, 11) is 0. The fraction of sp³-hybridized carbons (Fsp3) is 0.314. The lowest BCUT2D eigenvalue weighted by molar-refractivity contribution is -0.134. The van der Waals surface area contributed by atoms with Gasteiger partial charge in [0.2, 0.25) is 11.8 Å². The Bertz CT molecular complexity index is 1640. The Morgan fingerprint density at radius 1 is 0.804 bits per heavy atom. The number of aliphatic hydroxyl groups excluding tert-OH is 1. The van der Waals surface area contributed by atoms with Gasteiger partial charge in [-0.25, -0.2) is 4.79 Å². The number of alkyl carbamates (subject to hydrolysis) is 1. The summed E-state index contributed by atoms with van der Waals surface area (Å²) >= 11 is 0. The Kier molecular flexibility index (Phi) is 10.7. The van der Waals surface area contributed by atoms with Gasteiger partial charge in [-0.2, -0.15) is 0 Å². The predicted octanol–water partition coefficient (Wildman–Crippen LogP) is 2.88. The molecule has 4 aromatic rings. The number of nitrogens with one attached hydrogen (secondary N) is 5. The van der Waals surface area contributed by atoms with Crippen LogP contribution in [0.2, 0.25) is 0 Å². The van der Waals surface area contributed by atoms with Crippen molar-refractivity contribution in [3.05, 3.63) is 108 Å². The number of ether oxygens (including phenoxy) is 1. The highest BCUT2D eigenvalue weighted by molar-refractivity contribution is 5.93. The average Bonchev–Trinajstić information content (AvgIpc) is 3.80. The number of carbonyl (C=O) groups is 4. The Labute approximate surface area is 267 Å². The van der Waals surface area contributed by atoms with Gasteiger partial charge in [-0.1, -0.05) is 78.9 Å². The van der Waals surface area contributed by atoms with Crippen LogP contribution in [-0.2, 0) is 38.6 Å². The topological polar surface area (TPSA) is 162 Å². The molecule has 0 bridgehead atoms. The van der Waals surface area contributed by atoms with Crippen molar-refractivity contribution < 1.29 is 29.0 Å². The highest BCUT2D eigenvalue weighted by Crippen LogP contribution is 2.21. The minimum atomic E-state index is -1.52. The molecule has 4 amide bonds. The van der Waals surface area contributed by atoms with Crippen LogP contribution in [-0.4, -0.2) is 64.2 Å². The van der Waals surface area contributed by atoms with Crippen molar-refractivity contribution in [3.8, 4) is 0 Å². The number of benzene rings is 3. The van der Waals surface area contributed by atoms with Gasteiger partial charge < -0.3 is 36.1 Å². The van der Waals surface area contributed by atoms with E-state index in [9.17, 15) is 24.3 Å². The molecule has 240 valence electrons. The third-order valence-corrected chi connectivity index (χ3v) is 7.87. The van der Waals surface area contributed by atoms with Crippen LogP contribution in [0.3, 0.4) is 0 Å². The fourth-order valence-electron chi connectivity index (χ4n) is 5.12. The van der Waals surface area contributed by atoms with E-state index < -0.39 is 48.0 Å². The second kappa shape index (κ2) is 15.2. The summed E-state index contributed by atoms with van der Waals surface area (Å²) < 4.78 is 5.25. The zero-order valence-corrected chi connectivity index (χ0v) is 25.6. The summed E-state index contributed by atoms with van der Waals surface area (Å²) in [5.74, 6) is -1.76. The third kappa shape index (κ3) is 8.95. The highest BCUT2D eigenvalue weighted by Gasteiger charge is 2.34. The first kappa shape index (κ1) is 32.2. The molecular weight excluding hydrogens is 586 g/mol. The van der Waals surface area contributed by atoms with E-state index in [1.807, 2.05) is 84.9 Å². The molecule has 1 saturated carbocycles. The third-order valence-electron chi connectivity index (χ3n) is 7.87. The monoisotopic (exact) mass is 625 g/mol. The van der Waals surface area contributed by atoms with E-state index in [0.717, 1.165) is 40.4 Å². The van der Waals surface area contributed by atoms with Crippen LogP contribution in [0.1, 0.15) is 36.5 Å². The Morgan fingerprint density at radius 2 is 1.46 bits per heavy atom. The largest absolute Gasteiger partial charge is 0.445 e. The summed E-state index contributed by atoms with van der Waals surface area (Å²) in [5.41, 5.74) is 3.26. The first-order chi connectivity index (χ1) is 22.3. The van der Waals surface area contributed by atoms with E-state index in [1.54, 1.807) is 6.20 Å². The van der Waals surface area contributed by atoms with Crippen molar-refractivity contribution >= 4 is 34.7 Å². The molecule has 0 aliphatic heterocycles. The van der Waals surface area contributed by atoms with Crippen LogP contribution in [0.25, 0.3) is 10.9 Å². The number of amides is 4. The quantitative estimate of drug-likeness (QED) is 0.126. The average molecular weight is 626 g/mol. The van der Waals surface area contributed by atoms with Gasteiger partial charge in [-0.05, 0) is 48.9 Å².